The molecule has 3 heterocycles. The zero-order valence-electron chi connectivity index (χ0n) is 15.1. The van der Waals surface area contributed by atoms with Gasteiger partial charge in [-0.05, 0) is 31.7 Å². The van der Waals surface area contributed by atoms with E-state index in [4.69, 9.17) is 14.6 Å². The molecule has 2 aliphatic heterocycles. The van der Waals surface area contributed by atoms with Crippen molar-refractivity contribution in [3.8, 4) is 0 Å². The molecule has 0 aliphatic carbocycles. The monoisotopic (exact) mass is 365 g/mol. The number of carbonyl (C=O) groups excluding carboxylic acids is 1. The standard InChI is InChI=1S/C18H27N3O5/c22-17(13-25-12-16-4-1-2-9-26-16)20-7-3-8-21-15(11-20)10-14(19-21)5-6-18(23)24/h10,16H,1-9,11-13H2,(H,23,24). The number of ether oxygens (including phenoxy) is 2. The molecule has 144 valence electrons. The van der Waals surface area contributed by atoms with Crippen LogP contribution < -0.4 is 0 Å². The minimum atomic E-state index is -0.830. The summed E-state index contributed by atoms with van der Waals surface area (Å²) in [5, 5.41) is 13.3. The largest absolute Gasteiger partial charge is 0.481 e. The lowest BCUT2D eigenvalue weighted by Gasteiger charge is -2.23. The Morgan fingerprint density at radius 1 is 1.31 bits per heavy atom. The zero-order valence-corrected chi connectivity index (χ0v) is 15.1. The van der Waals surface area contributed by atoms with Crippen LogP contribution in [0.15, 0.2) is 6.07 Å². The van der Waals surface area contributed by atoms with Gasteiger partial charge in [-0.15, -0.1) is 0 Å². The fraction of sp³-hybridized carbons (Fsp3) is 0.722. The molecule has 0 bridgehead atoms. The molecule has 1 fully saturated rings. The molecule has 0 spiro atoms. The van der Waals surface area contributed by atoms with Crippen molar-refractivity contribution in [1.29, 1.82) is 0 Å². The van der Waals surface area contributed by atoms with Crippen LogP contribution in [0.3, 0.4) is 0 Å². The number of fused-ring (bicyclic) bond motifs is 1. The van der Waals surface area contributed by atoms with Crippen molar-refractivity contribution in [2.75, 3.05) is 26.4 Å². The maximum absolute atomic E-state index is 12.5. The highest BCUT2D eigenvalue weighted by atomic mass is 16.5. The Morgan fingerprint density at radius 2 is 2.19 bits per heavy atom. The normalized spacial score (nSPS) is 20.5. The van der Waals surface area contributed by atoms with Gasteiger partial charge in [0.1, 0.15) is 6.61 Å². The van der Waals surface area contributed by atoms with Crippen molar-refractivity contribution in [2.24, 2.45) is 0 Å². The van der Waals surface area contributed by atoms with Gasteiger partial charge in [0.2, 0.25) is 5.91 Å². The van der Waals surface area contributed by atoms with Gasteiger partial charge in [-0.1, -0.05) is 0 Å². The second-order valence-electron chi connectivity index (χ2n) is 6.92. The van der Waals surface area contributed by atoms with Gasteiger partial charge in [0.25, 0.3) is 0 Å². The number of hydrogen-bond acceptors (Lipinski definition) is 5. The Labute approximate surface area is 153 Å². The number of carbonyl (C=O) groups is 2. The van der Waals surface area contributed by atoms with E-state index in [-0.39, 0.29) is 25.0 Å². The summed E-state index contributed by atoms with van der Waals surface area (Å²) in [6, 6.07) is 1.91. The number of carboxylic acids is 1. The Balaban J connectivity index is 1.49. The number of aryl methyl sites for hydroxylation is 2. The van der Waals surface area contributed by atoms with Crippen LogP contribution >= 0.6 is 0 Å². The van der Waals surface area contributed by atoms with Crippen molar-refractivity contribution in [3.63, 3.8) is 0 Å². The number of hydrogen-bond donors (Lipinski definition) is 1. The highest BCUT2D eigenvalue weighted by molar-refractivity contribution is 5.77. The molecular formula is C18H27N3O5. The molecule has 0 aromatic carbocycles. The van der Waals surface area contributed by atoms with Crippen LogP contribution in [-0.4, -0.2) is 64.1 Å². The molecule has 0 radical (unpaired) electrons. The van der Waals surface area contributed by atoms with E-state index in [9.17, 15) is 9.59 Å². The average Bonchev–Trinajstić information content (AvgIpc) is 2.91. The van der Waals surface area contributed by atoms with E-state index in [2.05, 4.69) is 5.10 Å². The summed E-state index contributed by atoms with van der Waals surface area (Å²) in [7, 11) is 0. The average molecular weight is 365 g/mol. The van der Waals surface area contributed by atoms with E-state index in [0.29, 0.717) is 26.1 Å². The van der Waals surface area contributed by atoms with Crippen LogP contribution in [0.5, 0.6) is 0 Å². The summed E-state index contributed by atoms with van der Waals surface area (Å²) in [5.41, 5.74) is 1.72. The van der Waals surface area contributed by atoms with Crippen molar-refractivity contribution in [1.82, 2.24) is 14.7 Å². The van der Waals surface area contributed by atoms with E-state index in [0.717, 1.165) is 50.2 Å². The third kappa shape index (κ3) is 5.28. The Morgan fingerprint density at radius 3 is 2.96 bits per heavy atom. The van der Waals surface area contributed by atoms with Gasteiger partial charge in [-0.2, -0.15) is 5.10 Å². The molecular weight excluding hydrogens is 338 g/mol. The fourth-order valence-corrected chi connectivity index (χ4v) is 3.40. The van der Waals surface area contributed by atoms with Crippen LogP contribution in [0.4, 0.5) is 0 Å². The van der Waals surface area contributed by atoms with Gasteiger partial charge in [0.15, 0.2) is 0 Å². The number of carboxylic acid groups (broad SMARTS) is 1. The Hall–Kier alpha value is -1.93. The summed E-state index contributed by atoms with van der Waals surface area (Å²) >= 11 is 0. The molecule has 8 heteroatoms. The van der Waals surface area contributed by atoms with Crippen LogP contribution in [0, 0.1) is 0 Å². The predicted molar refractivity (Wildman–Crippen MR) is 92.6 cm³/mol. The first-order valence-electron chi connectivity index (χ1n) is 9.36. The summed E-state index contributed by atoms with van der Waals surface area (Å²) in [5.74, 6) is -0.855. The van der Waals surface area contributed by atoms with Gasteiger partial charge in [-0.3, -0.25) is 14.3 Å². The maximum Gasteiger partial charge on any atom is 0.303 e. The molecule has 2 aliphatic rings. The van der Waals surface area contributed by atoms with Crippen molar-refractivity contribution < 1.29 is 24.2 Å². The molecule has 0 saturated carbocycles. The first-order chi connectivity index (χ1) is 12.6. The van der Waals surface area contributed by atoms with Crippen molar-refractivity contribution in [2.45, 2.75) is 57.7 Å². The van der Waals surface area contributed by atoms with Gasteiger partial charge >= 0.3 is 5.97 Å². The molecule has 1 saturated heterocycles. The molecule has 26 heavy (non-hydrogen) atoms. The topological polar surface area (TPSA) is 93.9 Å². The minimum absolute atomic E-state index is 0.0254. The van der Waals surface area contributed by atoms with E-state index >= 15 is 0 Å². The summed E-state index contributed by atoms with van der Waals surface area (Å²) in [6.45, 7) is 3.22. The zero-order chi connectivity index (χ0) is 18.4. The van der Waals surface area contributed by atoms with E-state index in [1.54, 1.807) is 4.90 Å². The maximum atomic E-state index is 12.5. The molecule has 1 aromatic rings. The summed E-state index contributed by atoms with van der Waals surface area (Å²) in [4.78, 5) is 25.0. The summed E-state index contributed by atoms with van der Waals surface area (Å²) < 4.78 is 13.1. The number of amides is 1. The van der Waals surface area contributed by atoms with Crippen LogP contribution in [0.25, 0.3) is 0 Å². The lowest BCUT2D eigenvalue weighted by atomic mass is 10.1. The lowest BCUT2D eigenvalue weighted by Crippen LogP contribution is -2.35. The third-order valence-electron chi connectivity index (χ3n) is 4.82. The predicted octanol–water partition coefficient (Wildman–Crippen LogP) is 1.22. The molecule has 1 aromatic heterocycles. The smallest absolute Gasteiger partial charge is 0.303 e. The van der Waals surface area contributed by atoms with Gasteiger partial charge < -0.3 is 19.5 Å². The highest BCUT2D eigenvalue weighted by Gasteiger charge is 2.22. The number of rotatable bonds is 7. The van der Waals surface area contributed by atoms with E-state index < -0.39 is 5.97 Å². The van der Waals surface area contributed by atoms with Crippen molar-refractivity contribution >= 4 is 11.9 Å². The van der Waals surface area contributed by atoms with Crippen LogP contribution in [0.2, 0.25) is 0 Å². The Bertz CT molecular complexity index is 624. The second kappa shape index (κ2) is 9.14. The number of nitrogens with zero attached hydrogens (tertiary/aromatic N) is 3. The van der Waals surface area contributed by atoms with Crippen LogP contribution in [0.1, 0.15) is 43.5 Å². The third-order valence-corrected chi connectivity index (χ3v) is 4.82. The fourth-order valence-electron chi connectivity index (χ4n) is 3.40. The number of aromatic nitrogens is 2. The van der Waals surface area contributed by atoms with E-state index in [1.807, 2.05) is 10.7 Å². The molecule has 1 amide bonds. The molecule has 1 N–H and O–H groups in total. The van der Waals surface area contributed by atoms with Gasteiger partial charge in [0.05, 0.1) is 37.1 Å². The molecule has 1 unspecified atom stereocenters. The van der Waals surface area contributed by atoms with Crippen molar-refractivity contribution in [3.05, 3.63) is 17.5 Å². The SMILES string of the molecule is O=C(O)CCc1cc2n(n1)CCCN(C(=O)COCC1CCCCO1)C2. The Kier molecular flexibility index (Phi) is 6.62. The van der Waals surface area contributed by atoms with Gasteiger partial charge in [-0.25, -0.2) is 0 Å². The first-order valence-corrected chi connectivity index (χ1v) is 9.36. The quantitative estimate of drug-likeness (QED) is 0.781. The molecule has 8 nitrogen and oxygen atoms in total. The summed E-state index contributed by atoms with van der Waals surface area (Å²) in [6.07, 6.45) is 4.66. The van der Waals surface area contributed by atoms with Crippen LogP contribution in [-0.2, 0) is 38.6 Å². The van der Waals surface area contributed by atoms with E-state index in [1.165, 1.54) is 0 Å². The van der Waals surface area contributed by atoms with Gasteiger partial charge in [0, 0.05) is 26.1 Å². The number of aliphatic carboxylic acids is 1. The lowest BCUT2D eigenvalue weighted by molar-refractivity contribution is -0.139. The molecule has 1 atom stereocenters. The molecule has 3 rings (SSSR count). The highest BCUT2D eigenvalue weighted by Crippen LogP contribution is 2.16. The second-order valence-corrected chi connectivity index (χ2v) is 6.92. The minimum Gasteiger partial charge on any atom is -0.481 e. The first kappa shape index (κ1) is 18.8.